The van der Waals surface area contributed by atoms with Crippen molar-refractivity contribution in [2.24, 2.45) is 0 Å². The number of nitrogens with one attached hydrogen (secondary N) is 1. The van der Waals surface area contributed by atoms with Crippen molar-refractivity contribution in [2.45, 2.75) is 6.42 Å². The van der Waals surface area contributed by atoms with Gasteiger partial charge in [0.15, 0.2) is 11.6 Å². The number of anilines is 2. The molecule has 33 heavy (non-hydrogen) atoms. The number of halogens is 2. The van der Waals surface area contributed by atoms with E-state index in [4.69, 9.17) is 5.73 Å². The van der Waals surface area contributed by atoms with Gasteiger partial charge in [-0.3, -0.25) is 4.79 Å². The molecule has 5 rings (SSSR count). The first-order valence-electron chi connectivity index (χ1n) is 11.0. The molecule has 1 fully saturated rings. The number of hydrogen-bond acceptors (Lipinski definition) is 5. The van der Waals surface area contributed by atoms with Crippen molar-refractivity contribution in [3.63, 3.8) is 0 Å². The zero-order valence-corrected chi connectivity index (χ0v) is 18.4. The summed E-state index contributed by atoms with van der Waals surface area (Å²) in [6, 6.07) is 11.4. The highest BCUT2D eigenvalue weighted by molar-refractivity contribution is 5.98. The Morgan fingerprint density at radius 1 is 0.970 bits per heavy atom. The number of hydrogen-bond donors (Lipinski definition) is 2. The van der Waals surface area contributed by atoms with Gasteiger partial charge in [-0.2, -0.15) is 0 Å². The number of nitrogens with two attached hydrogens (primary N) is 1. The van der Waals surface area contributed by atoms with Gasteiger partial charge in [0.05, 0.1) is 5.56 Å². The zero-order chi connectivity index (χ0) is 23.1. The normalized spacial score (nSPS) is 16.5. The van der Waals surface area contributed by atoms with Gasteiger partial charge in [0.1, 0.15) is 5.82 Å². The second kappa shape index (κ2) is 8.44. The number of piperazine rings is 1. The van der Waals surface area contributed by atoms with Gasteiger partial charge in [0, 0.05) is 61.3 Å². The lowest BCUT2D eigenvalue weighted by Crippen LogP contribution is -2.44. The maximum atomic E-state index is 15.0. The summed E-state index contributed by atoms with van der Waals surface area (Å²) in [7, 11) is 2.12. The molecule has 6 nitrogen and oxygen atoms in total. The second-order valence-electron chi connectivity index (χ2n) is 8.59. The molecule has 0 spiro atoms. The molecule has 2 aliphatic heterocycles. The summed E-state index contributed by atoms with van der Waals surface area (Å²) in [6.45, 7) is 4.38. The van der Waals surface area contributed by atoms with Gasteiger partial charge >= 0.3 is 0 Å². The van der Waals surface area contributed by atoms with Crippen LogP contribution in [-0.2, 0) is 6.42 Å². The number of nitrogen functional groups attached to an aromatic ring is 1. The Balaban J connectivity index is 1.49. The zero-order valence-electron chi connectivity index (χ0n) is 18.4. The minimum Gasteiger partial charge on any atom is -0.383 e. The van der Waals surface area contributed by atoms with Crippen molar-refractivity contribution in [3.8, 4) is 22.3 Å². The van der Waals surface area contributed by atoms with Crippen LogP contribution in [0.4, 0.5) is 20.3 Å². The fourth-order valence-corrected chi connectivity index (χ4v) is 4.49. The first kappa shape index (κ1) is 21.3. The Labute approximate surface area is 191 Å². The highest BCUT2D eigenvalue weighted by Crippen LogP contribution is 2.35. The minimum atomic E-state index is -1.15. The van der Waals surface area contributed by atoms with Crippen LogP contribution in [0.2, 0.25) is 0 Å². The fourth-order valence-electron chi connectivity index (χ4n) is 4.49. The summed E-state index contributed by atoms with van der Waals surface area (Å²) < 4.78 is 29.8. The van der Waals surface area contributed by atoms with E-state index in [9.17, 15) is 9.18 Å². The first-order chi connectivity index (χ1) is 15.9. The van der Waals surface area contributed by atoms with E-state index in [-0.39, 0.29) is 16.9 Å². The Hall–Kier alpha value is -3.52. The Bertz CT molecular complexity index is 1220. The number of carbonyl (C=O) groups is 1. The molecule has 0 unspecified atom stereocenters. The van der Waals surface area contributed by atoms with Crippen LogP contribution in [0.1, 0.15) is 15.9 Å². The molecule has 1 aromatic heterocycles. The molecule has 0 radical (unpaired) electrons. The Morgan fingerprint density at radius 2 is 1.70 bits per heavy atom. The number of nitrogens with zero attached hydrogens (tertiary/aromatic N) is 3. The number of fused-ring (bicyclic) bond motifs is 1. The molecule has 0 saturated carbocycles. The third kappa shape index (κ3) is 3.91. The van der Waals surface area contributed by atoms with E-state index in [0.717, 1.165) is 43.0 Å². The van der Waals surface area contributed by atoms with Crippen LogP contribution >= 0.6 is 0 Å². The Kier molecular flexibility index (Phi) is 5.46. The quantitative estimate of drug-likeness (QED) is 0.642. The maximum absolute atomic E-state index is 15.0. The van der Waals surface area contributed by atoms with Crippen molar-refractivity contribution in [3.05, 3.63) is 65.4 Å². The number of amides is 1. The highest BCUT2D eigenvalue weighted by atomic mass is 19.2. The van der Waals surface area contributed by atoms with Crippen molar-refractivity contribution in [2.75, 3.05) is 50.4 Å². The lowest BCUT2D eigenvalue weighted by atomic mass is 9.93. The van der Waals surface area contributed by atoms with E-state index >= 15 is 4.39 Å². The van der Waals surface area contributed by atoms with Crippen LogP contribution in [0.25, 0.3) is 22.3 Å². The van der Waals surface area contributed by atoms with Gasteiger partial charge in [-0.25, -0.2) is 13.8 Å². The average Bonchev–Trinajstić information content (AvgIpc) is 2.82. The van der Waals surface area contributed by atoms with E-state index in [1.54, 1.807) is 12.3 Å². The van der Waals surface area contributed by atoms with Crippen molar-refractivity contribution in [1.82, 2.24) is 15.2 Å². The molecule has 8 heteroatoms. The molecule has 3 heterocycles. The summed E-state index contributed by atoms with van der Waals surface area (Å²) in [5.74, 6) is -2.74. The molecule has 0 bridgehead atoms. The molecule has 3 N–H and O–H groups in total. The van der Waals surface area contributed by atoms with Gasteiger partial charge < -0.3 is 20.9 Å². The SMILES string of the molecule is CN1CCN(c2ccc(-c3cnc(N)c(-c4cc5c(c(F)c4F)C(=O)NCC5)c3)cc2)CC1. The number of likely N-dealkylation sites (N-methyl/N-ethyl adjacent to an activating group) is 1. The molecule has 0 atom stereocenters. The summed E-state index contributed by atoms with van der Waals surface area (Å²) in [6.07, 6.45) is 2.05. The van der Waals surface area contributed by atoms with E-state index in [1.807, 2.05) is 12.1 Å². The maximum Gasteiger partial charge on any atom is 0.254 e. The van der Waals surface area contributed by atoms with Crippen LogP contribution in [0.5, 0.6) is 0 Å². The smallest absolute Gasteiger partial charge is 0.254 e. The third-order valence-electron chi connectivity index (χ3n) is 6.47. The molecular weight excluding hydrogens is 424 g/mol. The summed E-state index contributed by atoms with van der Waals surface area (Å²) >= 11 is 0. The number of rotatable bonds is 3. The number of aromatic nitrogens is 1. The number of pyridine rings is 1. The van der Waals surface area contributed by atoms with Gasteiger partial charge in [0.25, 0.3) is 5.91 Å². The third-order valence-corrected chi connectivity index (χ3v) is 6.47. The summed E-state index contributed by atoms with van der Waals surface area (Å²) in [5.41, 5.74) is 9.42. The fraction of sp³-hybridized carbons (Fsp3) is 0.280. The number of carbonyl (C=O) groups excluding carboxylic acids is 1. The summed E-state index contributed by atoms with van der Waals surface area (Å²) in [4.78, 5) is 20.9. The van der Waals surface area contributed by atoms with E-state index in [1.165, 1.54) is 6.07 Å². The molecule has 1 saturated heterocycles. The van der Waals surface area contributed by atoms with Gasteiger partial charge in [-0.05, 0) is 48.9 Å². The van der Waals surface area contributed by atoms with Crippen LogP contribution in [0, 0.1) is 11.6 Å². The molecule has 2 aromatic carbocycles. The summed E-state index contributed by atoms with van der Waals surface area (Å²) in [5, 5.41) is 2.55. The lowest BCUT2D eigenvalue weighted by Gasteiger charge is -2.34. The van der Waals surface area contributed by atoms with Crippen molar-refractivity contribution < 1.29 is 13.6 Å². The van der Waals surface area contributed by atoms with Crippen LogP contribution in [0.3, 0.4) is 0 Å². The highest BCUT2D eigenvalue weighted by Gasteiger charge is 2.27. The van der Waals surface area contributed by atoms with Gasteiger partial charge in [-0.1, -0.05) is 12.1 Å². The topological polar surface area (TPSA) is 74.5 Å². The van der Waals surface area contributed by atoms with E-state index in [0.29, 0.717) is 24.1 Å². The molecular formula is C25H25F2N5O. The monoisotopic (exact) mass is 449 g/mol. The van der Waals surface area contributed by atoms with Crippen molar-refractivity contribution >= 4 is 17.4 Å². The van der Waals surface area contributed by atoms with E-state index in [2.05, 4.69) is 39.3 Å². The average molecular weight is 450 g/mol. The van der Waals surface area contributed by atoms with Gasteiger partial charge in [0.2, 0.25) is 0 Å². The molecule has 2 aliphatic rings. The minimum absolute atomic E-state index is 0.0156. The number of benzene rings is 2. The molecule has 3 aromatic rings. The molecule has 0 aliphatic carbocycles. The van der Waals surface area contributed by atoms with E-state index < -0.39 is 17.5 Å². The first-order valence-corrected chi connectivity index (χ1v) is 11.0. The second-order valence-corrected chi connectivity index (χ2v) is 8.59. The van der Waals surface area contributed by atoms with Crippen LogP contribution in [0.15, 0.2) is 42.6 Å². The predicted octanol–water partition coefficient (Wildman–Crippen LogP) is 3.31. The lowest BCUT2D eigenvalue weighted by molar-refractivity contribution is 0.0940. The largest absolute Gasteiger partial charge is 0.383 e. The van der Waals surface area contributed by atoms with Crippen molar-refractivity contribution in [1.29, 1.82) is 0 Å². The molecule has 1 amide bonds. The Morgan fingerprint density at radius 3 is 2.42 bits per heavy atom. The van der Waals surface area contributed by atoms with Crippen LogP contribution < -0.4 is 16.0 Å². The standard InChI is InChI=1S/C25H25F2N5O/c1-31-8-10-32(11-9-31)18-4-2-15(3-5-18)17-13-20(24(28)30-14-17)19-12-16-6-7-29-25(33)21(16)23(27)22(19)26/h2-5,12-14H,6-11H2,1H3,(H2,28,30)(H,29,33). The van der Waals surface area contributed by atoms with Gasteiger partial charge in [-0.15, -0.1) is 0 Å². The van der Waals surface area contributed by atoms with Crippen LogP contribution in [-0.4, -0.2) is 55.6 Å². The molecule has 170 valence electrons. The predicted molar refractivity (Wildman–Crippen MR) is 125 cm³/mol.